The predicted octanol–water partition coefficient (Wildman–Crippen LogP) is 2.76. The van der Waals surface area contributed by atoms with Crippen molar-refractivity contribution in [2.45, 2.75) is 39.3 Å². The van der Waals surface area contributed by atoms with Gasteiger partial charge in [-0.25, -0.2) is 4.39 Å². The van der Waals surface area contributed by atoms with Gasteiger partial charge >= 0.3 is 0 Å². The molecule has 2 N–H and O–H groups in total. The van der Waals surface area contributed by atoms with Crippen molar-refractivity contribution in [1.82, 2.24) is 4.90 Å². The molecule has 1 aromatic carbocycles. The maximum absolute atomic E-state index is 13.3. The molecule has 0 atom stereocenters. The second kappa shape index (κ2) is 7.93. The molecule has 0 fully saturated rings. The third-order valence-corrected chi connectivity index (χ3v) is 3.38. The lowest BCUT2D eigenvalue weighted by Gasteiger charge is -2.26. The van der Waals surface area contributed by atoms with Crippen LogP contribution in [0.1, 0.15) is 37.8 Å². The molecule has 3 heteroatoms. The van der Waals surface area contributed by atoms with Crippen molar-refractivity contribution in [3.8, 4) is 11.8 Å². The zero-order valence-electron chi connectivity index (χ0n) is 12.0. The number of hydrogen-bond donors (Lipinski definition) is 1. The fourth-order valence-electron chi connectivity index (χ4n) is 2.26. The van der Waals surface area contributed by atoms with Gasteiger partial charge in [0.1, 0.15) is 5.82 Å². The summed E-state index contributed by atoms with van der Waals surface area (Å²) in [5.74, 6) is 5.49. The molecule has 0 aromatic heterocycles. The smallest absolute Gasteiger partial charge is 0.124 e. The van der Waals surface area contributed by atoms with Gasteiger partial charge in [-0.2, -0.15) is 0 Å². The Morgan fingerprint density at radius 3 is 2.58 bits per heavy atom. The standard InChI is InChI=1S/C16H23FN2/c1-4-16(5-2)19(3)12-14-8-9-15(17)11-13(14)7-6-10-18/h8-9,11,16H,4-5,10,12,18H2,1-3H3. The number of rotatable bonds is 5. The van der Waals surface area contributed by atoms with Gasteiger partial charge in [-0.05, 0) is 37.6 Å². The van der Waals surface area contributed by atoms with E-state index in [1.54, 1.807) is 0 Å². The Morgan fingerprint density at radius 1 is 1.32 bits per heavy atom. The highest BCUT2D eigenvalue weighted by Crippen LogP contribution is 2.16. The van der Waals surface area contributed by atoms with Crippen molar-refractivity contribution >= 4 is 0 Å². The van der Waals surface area contributed by atoms with Crippen LogP contribution < -0.4 is 5.73 Å². The Labute approximate surface area is 115 Å². The van der Waals surface area contributed by atoms with E-state index < -0.39 is 0 Å². The van der Waals surface area contributed by atoms with Gasteiger partial charge < -0.3 is 5.73 Å². The fraction of sp³-hybridized carbons (Fsp3) is 0.500. The lowest BCUT2D eigenvalue weighted by atomic mass is 10.0. The summed E-state index contributed by atoms with van der Waals surface area (Å²) in [4.78, 5) is 2.29. The van der Waals surface area contributed by atoms with E-state index in [9.17, 15) is 4.39 Å². The third kappa shape index (κ3) is 4.66. The Kier molecular flexibility index (Phi) is 6.55. The summed E-state index contributed by atoms with van der Waals surface area (Å²) in [6.45, 7) is 5.44. The molecule has 0 spiro atoms. The predicted molar refractivity (Wildman–Crippen MR) is 78.2 cm³/mol. The summed E-state index contributed by atoms with van der Waals surface area (Å²) in [5, 5.41) is 0. The Morgan fingerprint density at radius 2 is 2.00 bits per heavy atom. The average molecular weight is 262 g/mol. The van der Waals surface area contributed by atoms with Crippen molar-refractivity contribution in [2.75, 3.05) is 13.6 Å². The quantitative estimate of drug-likeness (QED) is 0.827. The van der Waals surface area contributed by atoms with Crippen molar-refractivity contribution in [2.24, 2.45) is 5.73 Å². The highest BCUT2D eigenvalue weighted by atomic mass is 19.1. The highest BCUT2D eigenvalue weighted by molar-refractivity contribution is 5.41. The third-order valence-electron chi connectivity index (χ3n) is 3.38. The van der Waals surface area contributed by atoms with Crippen LogP contribution in [0.25, 0.3) is 0 Å². The second-order valence-corrected chi connectivity index (χ2v) is 4.69. The van der Waals surface area contributed by atoms with Crippen molar-refractivity contribution in [3.63, 3.8) is 0 Å². The Hall–Kier alpha value is -1.37. The molecule has 1 aromatic rings. The minimum atomic E-state index is -0.254. The molecule has 0 saturated heterocycles. The summed E-state index contributed by atoms with van der Waals surface area (Å²) in [7, 11) is 2.10. The van der Waals surface area contributed by atoms with E-state index in [0.717, 1.165) is 30.5 Å². The molecule has 0 bridgehead atoms. The van der Waals surface area contributed by atoms with Crippen LogP contribution >= 0.6 is 0 Å². The molecule has 0 aliphatic carbocycles. The van der Waals surface area contributed by atoms with Gasteiger partial charge in [0, 0.05) is 18.2 Å². The van der Waals surface area contributed by atoms with Crippen molar-refractivity contribution in [1.29, 1.82) is 0 Å². The fourth-order valence-corrected chi connectivity index (χ4v) is 2.26. The zero-order valence-corrected chi connectivity index (χ0v) is 12.0. The topological polar surface area (TPSA) is 29.3 Å². The summed E-state index contributed by atoms with van der Waals surface area (Å²) >= 11 is 0. The van der Waals surface area contributed by atoms with E-state index >= 15 is 0 Å². The largest absolute Gasteiger partial charge is 0.320 e. The molecule has 0 aliphatic heterocycles. The van der Waals surface area contributed by atoms with Crippen LogP contribution in [0.15, 0.2) is 18.2 Å². The van der Waals surface area contributed by atoms with Crippen LogP contribution in [0.4, 0.5) is 4.39 Å². The first-order valence-corrected chi connectivity index (χ1v) is 6.79. The molecule has 0 aliphatic rings. The van der Waals surface area contributed by atoms with Crippen LogP contribution in [-0.2, 0) is 6.54 Å². The lowest BCUT2D eigenvalue weighted by Crippen LogP contribution is -2.30. The summed E-state index contributed by atoms with van der Waals surface area (Å²) in [6, 6.07) is 5.33. The van der Waals surface area contributed by atoms with Gasteiger partial charge in [0.2, 0.25) is 0 Å². The number of halogens is 1. The second-order valence-electron chi connectivity index (χ2n) is 4.69. The average Bonchev–Trinajstić information content (AvgIpc) is 2.40. The summed E-state index contributed by atoms with van der Waals surface area (Å²) in [6.07, 6.45) is 2.22. The van der Waals surface area contributed by atoms with Gasteiger partial charge in [-0.15, -0.1) is 0 Å². The van der Waals surface area contributed by atoms with Gasteiger partial charge in [-0.1, -0.05) is 31.8 Å². The van der Waals surface area contributed by atoms with Gasteiger partial charge in [0.15, 0.2) is 0 Å². The van der Waals surface area contributed by atoms with Crippen LogP contribution in [0, 0.1) is 17.7 Å². The maximum Gasteiger partial charge on any atom is 0.124 e. The molecular weight excluding hydrogens is 239 g/mol. The molecule has 104 valence electrons. The normalized spacial score (nSPS) is 10.7. The van der Waals surface area contributed by atoms with Crippen LogP contribution in [0.5, 0.6) is 0 Å². The van der Waals surface area contributed by atoms with E-state index in [-0.39, 0.29) is 5.82 Å². The minimum Gasteiger partial charge on any atom is -0.320 e. The number of nitrogens with zero attached hydrogens (tertiary/aromatic N) is 1. The lowest BCUT2D eigenvalue weighted by molar-refractivity contribution is 0.221. The molecular formula is C16H23FN2. The molecule has 19 heavy (non-hydrogen) atoms. The van der Waals surface area contributed by atoms with Crippen LogP contribution in [0.3, 0.4) is 0 Å². The van der Waals surface area contributed by atoms with Gasteiger partial charge in [0.05, 0.1) is 6.54 Å². The molecule has 0 amide bonds. The van der Waals surface area contributed by atoms with Crippen LogP contribution in [-0.4, -0.2) is 24.5 Å². The summed E-state index contributed by atoms with van der Waals surface area (Å²) in [5.41, 5.74) is 7.17. The molecule has 2 nitrogen and oxygen atoms in total. The number of benzene rings is 1. The first-order valence-electron chi connectivity index (χ1n) is 6.79. The van der Waals surface area contributed by atoms with Crippen molar-refractivity contribution < 1.29 is 4.39 Å². The Balaban J connectivity index is 2.93. The molecule has 0 heterocycles. The summed E-state index contributed by atoms with van der Waals surface area (Å²) < 4.78 is 13.3. The van der Waals surface area contributed by atoms with E-state index in [1.165, 1.54) is 12.1 Å². The van der Waals surface area contributed by atoms with Crippen LogP contribution in [0.2, 0.25) is 0 Å². The Bertz CT molecular complexity index is 456. The first kappa shape index (κ1) is 15.7. The number of nitrogens with two attached hydrogens (primary N) is 1. The van der Waals surface area contributed by atoms with E-state index in [2.05, 4.69) is 37.6 Å². The highest BCUT2D eigenvalue weighted by Gasteiger charge is 2.12. The van der Waals surface area contributed by atoms with Gasteiger partial charge in [0.25, 0.3) is 0 Å². The molecule has 0 radical (unpaired) electrons. The van der Waals surface area contributed by atoms with E-state index in [1.807, 2.05) is 6.07 Å². The van der Waals surface area contributed by atoms with Gasteiger partial charge in [-0.3, -0.25) is 4.90 Å². The molecule has 1 rings (SSSR count). The minimum absolute atomic E-state index is 0.254. The molecule has 0 unspecified atom stereocenters. The zero-order chi connectivity index (χ0) is 14.3. The van der Waals surface area contributed by atoms with Crippen molar-refractivity contribution in [3.05, 3.63) is 35.1 Å². The maximum atomic E-state index is 13.3. The SMILES string of the molecule is CCC(CC)N(C)Cc1ccc(F)cc1C#CCN. The van der Waals surface area contributed by atoms with E-state index in [0.29, 0.717) is 12.6 Å². The van der Waals surface area contributed by atoms with E-state index in [4.69, 9.17) is 5.73 Å². The number of hydrogen-bond acceptors (Lipinski definition) is 2. The molecule has 0 saturated carbocycles. The monoisotopic (exact) mass is 262 g/mol. The first-order chi connectivity index (χ1) is 9.12.